The van der Waals surface area contributed by atoms with E-state index in [1.165, 1.54) is 23.7 Å². The van der Waals surface area contributed by atoms with Crippen molar-refractivity contribution in [3.05, 3.63) is 63.0 Å². The number of amides is 2. The standard InChI is InChI=1S/C20H23ClN4O3/c1-13(15-4-3-5-16(21)12-15)22-20(28)18-6-7-19(27)25(23-18)17-8-10-24(11-9-17)14(2)26/h3-7,12-13,17H,8-11H2,1-2H3,(H,22,28). The number of likely N-dealkylation sites (tertiary alicyclic amines) is 1. The fourth-order valence-electron chi connectivity index (χ4n) is 3.36. The van der Waals surface area contributed by atoms with Crippen molar-refractivity contribution in [1.29, 1.82) is 0 Å². The molecule has 2 heterocycles. The van der Waals surface area contributed by atoms with Gasteiger partial charge in [-0.25, -0.2) is 4.68 Å². The Bertz CT molecular complexity index is 935. The number of piperidine rings is 1. The minimum atomic E-state index is -0.359. The molecule has 0 spiro atoms. The van der Waals surface area contributed by atoms with Gasteiger partial charge in [0.25, 0.3) is 11.5 Å². The van der Waals surface area contributed by atoms with E-state index in [9.17, 15) is 14.4 Å². The zero-order chi connectivity index (χ0) is 20.3. The van der Waals surface area contributed by atoms with Gasteiger partial charge in [-0.3, -0.25) is 14.4 Å². The summed E-state index contributed by atoms with van der Waals surface area (Å²) in [5.41, 5.74) is 0.814. The number of carbonyl (C=O) groups excluding carboxylic acids is 2. The van der Waals surface area contributed by atoms with Crippen LogP contribution in [0.3, 0.4) is 0 Å². The Hall–Kier alpha value is -2.67. The Morgan fingerprint density at radius 1 is 1.21 bits per heavy atom. The number of rotatable bonds is 4. The molecule has 0 aliphatic carbocycles. The van der Waals surface area contributed by atoms with Crippen molar-refractivity contribution < 1.29 is 9.59 Å². The van der Waals surface area contributed by atoms with Gasteiger partial charge in [0.1, 0.15) is 5.69 Å². The van der Waals surface area contributed by atoms with Crippen molar-refractivity contribution in [2.24, 2.45) is 0 Å². The molecule has 1 unspecified atom stereocenters. The van der Waals surface area contributed by atoms with Gasteiger partial charge in [-0.05, 0) is 43.5 Å². The van der Waals surface area contributed by atoms with Crippen LogP contribution in [0.25, 0.3) is 0 Å². The molecule has 0 radical (unpaired) electrons. The Labute approximate surface area is 168 Å². The van der Waals surface area contributed by atoms with Gasteiger partial charge in [-0.1, -0.05) is 23.7 Å². The molecule has 1 aliphatic rings. The van der Waals surface area contributed by atoms with Crippen LogP contribution in [0.4, 0.5) is 0 Å². The van der Waals surface area contributed by atoms with Crippen molar-refractivity contribution in [3.8, 4) is 0 Å². The molecule has 148 valence electrons. The van der Waals surface area contributed by atoms with Crippen molar-refractivity contribution in [2.45, 2.75) is 38.8 Å². The molecule has 1 aromatic heterocycles. The van der Waals surface area contributed by atoms with E-state index in [0.29, 0.717) is 31.0 Å². The molecule has 2 amide bonds. The van der Waals surface area contributed by atoms with E-state index in [2.05, 4.69) is 10.4 Å². The number of aromatic nitrogens is 2. The average molecular weight is 403 g/mol. The first-order valence-corrected chi connectivity index (χ1v) is 9.64. The first-order chi connectivity index (χ1) is 13.3. The van der Waals surface area contributed by atoms with E-state index in [1.54, 1.807) is 17.0 Å². The molecule has 2 aromatic rings. The SMILES string of the molecule is CC(=O)N1CCC(n2nc(C(=O)NC(C)c3cccc(Cl)c3)ccc2=O)CC1. The second-order valence-corrected chi connectivity index (χ2v) is 7.43. The summed E-state index contributed by atoms with van der Waals surface area (Å²) in [6, 6.07) is 9.69. The largest absolute Gasteiger partial charge is 0.344 e. The third-order valence-corrected chi connectivity index (χ3v) is 5.24. The zero-order valence-corrected chi connectivity index (χ0v) is 16.6. The molecule has 1 N–H and O–H groups in total. The maximum atomic E-state index is 12.6. The van der Waals surface area contributed by atoms with Gasteiger partial charge in [0, 0.05) is 31.1 Å². The summed E-state index contributed by atoms with van der Waals surface area (Å²) in [5, 5.41) is 7.77. The van der Waals surface area contributed by atoms with Crippen molar-refractivity contribution in [1.82, 2.24) is 20.0 Å². The molecule has 1 fully saturated rings. The Morgan fingerprint density at radius 3 is 2.57 bits per heavy atom. The number of hydrogen-bond acceptors (Lipinski definition) is 4. The topological polar surface area (TPSA) is 84.3 Å². The van der Waals surface area contributed by atoms with Crippen molar-refractivity contribution in [2.75, 3.05) is 13.1 Å². The van der Waals surface area contributed by atoms with Crippen LogP contribution in [0.15, 0.2) is 41.2 Å². The summed E-state index contributed by atoms with van der Waals surface area (Å²) >= 11 is 6.01. The summed E-state index contributed by atoms with van der Waals surface area (Å²) in [6.07, 6.45) is 1.27. The molecular formula is C20H23ClN4O3. The molecule has 1 atom stereocenters. The lowest BCUT2D eigenvalue weighted by Crippen LogP contribution is -2.41. The van der Waals surface area contributed by atoms with Crippen molar-refractivity contribution in [3.63, 3.8) is 0 Å². The average Bonchev–Trinajstić information content (AvgIpc) is 2.68. The van der Waals surface area contributed by atoms with E-state index in [4.69, 9.17) is 11.6 Å². The Balaban J connectivity index is 1.73. The third-order valence-electron chi connectivity index (χ3n) is 5.01. The number of hydrogen-bond donors (Lipinski definition) is 1. The van der Waals surface area contributed by atoms with Crippen LogP contribution in [-0.2, 0) is 4.79 Å². The molecule has 1 saturated heterocycles. The summed E-state index contributed by atoms with van der Waals surface area (Å²) in [7, 11) is 0. The quantitative estimate of drug-likeness (QED) is 0.851. The molecular weight excluding hydrogens is 380 g/mol. The van der Waals surface area contributed by atoms with E-state index in [1.807, 2.05) is 19.1 Å². The number of halogens is 1. The van der Waals surface area contributed by atoms with Gasteiger partial charge in [0.05, 0.1) is 12.1 Å². The van der Waals surface area contributed by atoms with Gasteiger partial charge in [-0.15, -0.1) is 0 Å². The fourth-order valence-corrected chi connectivity index (χ4v) is 3.56. The Kier molecular flexibility index (Phi) is 6.14. The first kappa shape index (κ1) is 20.1. The van der Waals surface area contributed by atoms with Crippen LogP contribution in [0, 0.1) is 0 Å². The molecule has 7 nitrogen and oxygen atoms in total. The maximum absolute atomic E-state index is 12.6. The summed E-state index contributed by atoms with van der Waals surface area (Å²) < 4.78 is 1.37. The molecule has 0 bridgehead atoms. The molecule has 1 aliphatic heterocycles. The summed E-state index contributed by atoms with van der Waals surface area (Å²) in [5.74, 6) is -0.329. The molecule has 28 heavy (non-hydrogen) atoms. The predicted molar refractivity (Wildman–Crippen MR) is 106 cm³/mol. The van der Waals surface area contributed by atoms with Gasteiger partial charge < -0.3 is 10.2 Å². The van der Waals surface area contributed by atoms with Crippen LogP contribution < -0.4 is 10.9 Å². The highest BCUT2D eigenvalue weighted by Gasteiger charge is 2.24. The number of nitrogens with one attached hydrogen (secondary N) is 1. The number of benzene rings is 1. The lowest BCUT2D eigenvalue weighted by molar-refractivity contribution is -0.130. The second-order valence-electron chi connectivity index (χ2n) is 6.99. The summed E-state index contributed by atoms with van der Waals surface area (Å²) in [4.78, 5) is 38.1. The van der Waals surface area contributed by atoms with E-state index < -0.39 is 0 Å². The lowest BCUT2D eigenvalue weighted by atomic mass is 10.1. The monoisotopic (exact) mass is 402 g/mol. The fraction of sp³-hybridized carbons (Fsp3) is 0.400. The third kappa shape index (κ3) is 4.59. The smallest absolute Gasteiger partial charge is 0.272 e. The highest BCUT2D eigenvalue weighted by Crippen LogP contribution is 2.21. The van der Waals surface area contributed by atoms with Gasteiger partial charge in [-0.2, -0.15) is 5.10 Å². The normalized spacial score (nSPS) is 15.9. The molecule has 0 saturated carbocycles. The van der Waals surface area contributed by atoms with Crippen LogP contribution in [0.2, 0.25) is 5.02 Å². The number of carbonyl (C=O) groups is 2. The second kappa shape index (κ2) is 8.56. The van der Waals surface area contributed by atoms with Crippen LogP contribution >= 0.6 is 11.6 Å². The van der Waals surface area contributed by atoms with E-state index in [0.717, 1.165) is 5.56 Å². The van der Waals surface area contributed by atoms with Crippen LogP contribution in [0.5, 0.6) is 0 Å². The van der Waals surface area contributed by atoms with Gasteiger partial charge in [0.15, 0.2) is 0 Å². The maximum Gasteiger partial charge on any atom is 0.272 e. The summed E-state index contributed by atoms with van der Waals surface area (Å²) in [6.45, 7) is 4.56. The highest BCUT2D eigenvalue weighted by atomic mass is 35.5. The van der Waals surface area contributed by atoms with E-state index >= 15 is 0 Å². The minimum Gasteiger partial charge on any atom is -0.344 e. The Morgan fingerprint density at radius 2 is 1.93 bits per heavy atom. The molecule has 1 aromatic carbocycles. The van der Waals surface area contributed by atoms with Crippen LogP contribution in [-0.4, -0.2) is 39.6 Å². The lowest BCUT2D eigenvalue weighted by Gasteiger charge is -2.31. The van der Waals surface area contributed by atoms with Gasteiger partial charge in [0.2, 0.25) is 5.91 Å². The minimum absolute atomic E-state index is 0.0295. The molecule has 3 rings (SSSR count). The number of nitrogens with zero attached hydrogens (tertiary/aromatic N) is 3. The molecule has 8 heteroatoms. The highest BCUT2D eigenvalue weighted by molar-refractivity contribution is 6.30. The van der Waals surface area contributed by atoms with Gasteiger partial charge >= 0.3 is 0 Å². The predicted octanol–water partition coefficient (Wildman–Crippen LogP) is 2.57. The van der Waals surface area contributed by atoms with Crippen LogP contribution in [0.1, 0.15) is 54.8 Å². The van der Waals surface area contributed by atoms with Crippen molar-refractivity contribution >= 4 is 23.4 Å². The zero-order valence-electron chi connectivity index (χ0n) is 15.9. The van der Waals surface area contributed by atoms with E-state index in [-0.39, 0.29) is 35.2 Å². The first-order valence-electron chi connectivity index (χ1n) is 9.27.